The molecule has 2 heterocycles. The van der Waals surface area contributed by atoms with Gasteiger partial charge in [0.05, 0.1) is 17.1 Å². The van der Waals surface area contributed by atoms with E-state index in [0.29, 0.717) is 6.42 Å². The van der Waals surface area contributed by atoms with Crippen LogP contribution in [0.4, 0.5) is 0 Å². The maximum Gasteiger partial charge on any atom is 0.224 e. The van der Waals surface area contributed by atoms with Gasteiger partial charge in [0.25, 0.3) is 0 Å². The molecule has 7 heteroatoms. The van der Waals surface area contributed by atoms with Crippen molar-refractivity contribution in [3.05, 3.63) is 76.9 Å². The van der Waals surface area contributed by atoms with Gasteiger partial charge in [-0.25, -0.2) is 4.98 Å². The predicted molar refractivity (Wildman–Crippen MR) is 138 cm³/mol. The van der Waals surface area contributed by atoms with Crippen LogP contribution in [0.1, 0.15) is 46.9 Å². The van der Waals surface area contributed by atoms with Crippen LogP contribution in [0.5, 0.6) is 0 Å². The first-order valence-corrected chi connectivity index (χ1v) is 11.5. The monoisotopic (exact) mass is 456 g/mol. The number of rotatable bonds is 6. The molecule has 3 N–H and O–H groups in total. The summed E-state index contributed by atoms with van der Waals surface area (Å²) < 4.78 is 0. The Bertz CT molecular complexity index is 1250. The zero-order valence-corrected chi connectivity index (χ0v) is 20.4. The van der Waals surface area contributed by atoms with Crippen molar-refractivity contribution in [3.8, 4) is 0 Å². The second kappa shape index (κ2) is 9.25. The van der Waals surface area contributed by atoms with E-state index in [-0.39, 0.29) is 23.3 Å². The minimum Gasteiger partial charge on any atom is -0.337 e. The van der Waals surface area contributed by atoms with E-state index in [2.05, 4.69) is 51.6 Å². The number of hydrogen-bond acceptors (Lipinski definition) is 5. The summed E-state index contributed by atoms with van der Waals surface area (Å²) in [6, 6.07) is 8.02. The number of carbonyl (C=O) groups is 1. The number of fused-ring (bicyclic) bond motifs is 2. The van der Waals surface area contributed by atoms with Crippen molar-refractivity contribution in [2.24, 2.45) is 21.4 Å². The van der Waals surface area contributed by atoms with Crippen molar-refractivity contribution in [2.75, 3.05) is 0 Å². The summed E-state index contributed by atoms with van der Waals surface area (Å²) in [5, 5.41) is 7.61. The van der Waals surface area contributed by atoms with Crippen LogP contribution in [-0.4, -0.2) is 34.3 Å². The number of hydrogen-bond donors (Lipinski definition) is 3. The van der Waals surface area contributed by atoms with Crippen LogP contribution < -0.4 is 10.7 Å². The minimum atomic E-state index is -0.0751. The summed E-state index contributed by atoms with van der Waals surface area (Å²) in [5.41, 5.74) is 9.59. The molecule has 4 rings (SSSR count). The molecule has 0 spiro atoms. The van der Waals surface area contributed by atoms with Gasteiger partial charge in [0, 0.05) is 35.4 Å². The third-order valence-corrected chi connectivity index (χ3v) is 5.78. The summed E-state index contributed by atoms with van der Waals surface area (Å²) >= 11 is 0. The van der Waals surface area contributed by atoms with Gasteiger partial charge in [-0.15, -0.1) is 0 Å². The normalized spacial score (nSPS) is 20.8. The average molecular weight is 457 g/mol. The van der Waals surface area contributed by atoms with Crippen molar-refractivity contribution in [3.63, 3.8) is 0 Å². The third kappa shape index (κ3) is 5.09. The number of aliphatic imine (C=N–C) groups is 1. The minimum absolute atomic E-state index is 0.00382. The van der Waals surface area contributed by atoms with Gasteiger partial charge in [0.1, 0.15) is 5.71 Å². The van der Waals surface area contributed by atoms with Crippen LogP contribution in [0.15, 0.2) is 81.2 Å². The predicted octanol–water partition coefficient (Wildman–Crippen LogP) is 4.78. The molecule has 1 aliphatic heterocycles. The van der Waals surface area contributed by atoms with Gasteiger partial charge < -0.3 is 15.7 Å². The van der Waals surface area contributed by atoms with Crippen molar-refractivity contribution < 1.29 is 4.79 Å². The maximum absolute atomic E-state index is 12.4. The maximum atomic E-state index is 12.4. The molecule has 1 aliphatic carbocycles. The molecule has 2 aromatic rings. The Morgan fingerprint density at radius 3 is 2.76 bits per heavy atom. The molecule has 0 fully saturated rings. The Labute approximate surface area is 200 Å². The number of aromatic amines is 1. The summed E-state index contributed by atoms with van der Waals surface area (Å²) in [7, 11) is 0. The highest BCUT2D eigenvalue weighted by Crippen LogP contribution is 2.33. The van der Waals surface area contributed by atoms with Gasteiger partial charge in [-0.2, -0.15) is 5.10 Å². The smallest absolute Gasteiger partial charge is 0.224 e. The van der Waals surface area contributed by atoms with Gasteiger partial charge in [-0.05, 0) is 48.9 Å². The van der Waals surface area contributed by atoms with Crippen molar-refractivity contribution in [2.45, 2.75) is 47.1 Å². The van der Waals surface area contributed by atoms with E-state index < -0.39 is 0 Å². The number of imidazole rings is 1. The molecule has 34 heavy (non-hydrogen) atoms. The summed E-state index contributed by atoms with van der Waals surface area (Å²) in [6.45, 7) is 13.8. The number of hydrazone groups is 1. The fourth-order valence-corrected chi connectivity index (χ4v) is 4.31. The molecule has 0 saturated carbocycles. The van der Waals surface area contributed by atoms with E-state index >= 15 is 0 Å². The first-order valence-electron chi connectivity index (χ1n) is 11.5. The van der Waals surface area contributed by atoms with Crippen molar-refractivity contribution in [1.82, 2.24) is 20.7 Å². The molecule has 0 radical (unpaired) electrons. The van der Waals surface area contributed by atoms with Gasteiger partial charge in [0.15, 0.2) is 5.82 Å². The lowest BCUT2D eigenvalue weighted by atomic mass is 9.83. The van der Waals surface area contributed by atoms with E-state index in [1.807, 2.05) is 58.0 Å². The highest BCUT2D eigenvalue weighted by Gasteiger charge is 2.34. The van der Waals surface area contributed by atoms with Crippen LogP contribution in [0.2, 0.25) is 0 Å². The molecular formula is C27H32N6O. The van der Waals surface area contributed by atoms with E-state index in [4.69, 9.17) is 4.98 Å². The summed E-state index contributed by atoms with van der Waals surface area (Å²) in [6.07, 6.45) is 8.41. The Balaban J connectivity index is 1.63. The van der Waals surface area contributed by atoms with Gasteiger partial charge in [-0.3, -0.25) is 9.79 Å². The Morgan fingerprint density at radius 1 is 1.29 bits per heavy atom. The molecule has 1 amide bonds. The Hall–Kier alpha value is -3.74. The first kappa shape index (κ1) is 23.4. The van der Waals surface area contributed by atoms with Crippen LogP contribution in [0.25, 0.3) is 11.0 Å². The largest absolute Gasteiger partial charge is 0.337 e. The topological polar surface area (TPSA) is 94.5 Å². The fourth-order valence-electron chi connectivity index (χ4n) is 4.31. The molecule has 176 valence electrons. The molecule has 0 saturated heterocycles. The van der Waals surface area contributed by atoms with Gasteiger partial charge in [-0.1, -0.05) is 45.9 Å². The number of para-hydroxylation sites is 2. The number of carbonyl (C=O) groups excluding carboxylic acids is 1. The highest BCUT2D eigenvalue weighted by molar-refractivity contribution is 6.14. The standard InChI is InChI=1S/C27H32N6O/c1-16-11-18(19(15-28-6)12-17(2)29-23(34)14-27(3,4)5)13-20-24(16)32-33-25(20)26-30-21-9-7-8-10-22(21)31-26/h7-13,15-16,24,32H,6,14H2,1-5H3,(H,29,34)(H,30,31)/b17-12+,19-15+. The second-order valence-corrected chi connectivity index (χ2v) is 10.1. The average Bonchev–Trinajstić information content (AvgIpc) is 3.35. The van der Waals surface area contributed by atoms with Gasteiger partial charge >= 0.3 is 0 Å². The van der Waals surface area contributed by atoms with Crippen LogP contribution >= 0.6 is 0 Å². The van der Waals surface area contributed by atoms with Gasteiger partial charge in [0.2, 0.25) is 5.91 Å². The molecule has 1 aromatic carbocycles. The lowest BCUT2D eigenvalue weighted by Gasteiger charge is -2.24. The molecular weight excluding hydrogens is 424 g/mol. The van der Waals surface area contributed by atoms with E-state index in [9.17, 15) is 4.79 Å². The number of amides is 1. The van der Waals surface area contributed by atoms with E-state index in [0.717, 1.165) is 45.0 Å². The number of aromatic nitrogens is 2. The molecule has 0 bridgehead atoms. The Morgan fingerprint density at radius 2 is 2.06 bits per heavy atom. The number of allylic oxidation sites excluding steroid dienone is 5. The van der Waals surface area contributed by atoms with E-state index in [1.54, 1.807) is 6.20 Å². The van der Waals surface area contributed by atoms with Crippen molar-refractivity contribution in [1.29, 1.82) is 0 Å². The summed E-state index contributed by atoms with van der Waals surface area (Å²) in [4.78, 5) is 24.5. The number of H-pyrrole nitrogens is 1. The third-order valence-electron chi connectivity index (χ3n) is 5.78. The van der Waals surface area contributed by atoms with Crippen molar-refractivity contribution >= 4 is 29.4 Å². The highest BCUT2D eigenvalue weighted by atomic mass is 16.1. The second-order valence-electron chi connectivity index (χ2n) is 10.1. The quantitative estimate of drug-likeness (QED) is 0.431. The molecule has 2 atom stereocenters. The van der Waals surface area contributed by atoms with E-state index in [1.165, 1.54) is 0 Å². The number of benzene rings is 1. The lowest BCUT2D eigenvalue weighted by molar-refractivity contribution is -0.122. The molecule has 7 nitrogen and oxygen atoms in total. The fraction of sp³-hybridized carbons (Fsp3) is 0.333. The summed E-state index contributed by atoms with van der Waals surface area (Å²) in [5.74, 6) is 0.929. The zero-order chi connectivity index (χ0) is 24.5. The van der Waals surface area contributed by atoms with Crippen LogP contribution in [0, 0.1) is 11.3 Å². The SMILES string of the molecule is C=N/C=C(\C=C(/C)NC(=O)CC(C)(C)C)C1=CC(C)C2NN=C(c3nc4ccccc4[nH]3)C2=C1. The first-order chi connectivity index (χ1) is 16.1. The molecule has 1 aromatic heterocycles. The zero-order valence-electron chi connectivity index (χ0n) is 20.4. The number of nitrogens with one attached hydrogen (secondary N) is 3. The number of nitrogens with zero attached hydrogens (tertiary/aromatic N) is 3. The molecule has 2 unspecified atom stereocenters. The molecule has 2 aliphatic rings. The van der Waals surface area contributed by atoms with Crippen LogP contribution in [-0.2, 0) is 4.79 Å². The Kier molecular flexibility index (Phi) is 6.37. The lowest BCUT2D eigenvalue weighted by Crippen LogP contribution is -2.31. The van der Waals surface area contributed by atoms with Crippen LogP contribution in [0.3, 0.4) is 0 Å².